The predicted octanol–water partition coefficient (Wildman–Crippen LogP) is 3.93. The van der Waals surface area contributed by atoms with Gasteiger partial charge in [-0.2, -0.15) is 0 Å². The third-order valence-corrected chi connectivity index (χ3v) is 3.36. The Morgan fingerprint density at radius 2 is 2.14 bits per heavy atom. The average molecular weight is 290 g/mol. The number of hydrogen-bond donors (Lipinski definition) is 0. The quantitative estimate of drug-likeness (QED) is 0.795. The Kier molecular flexibility index (Phi) is 2.85. The molecule has 0 bridgehead atoms. The van der Waals surface area contributed by atoms with E-state index >= 15 is 0 Å². The van der Waals surface area contributed by atoms with Crippen LogP contribution in [0, 0.1) is 6.92 Å². The average Bonchev–Trinajstić information content (AvgIpc) is 2.51. The van der Waals surface area contributed by atoms with Crippen LogP contribution in [-0.4, -0.2) is 10.2 Å². The number of benzene rings is 1. The van der Waals surface area contributed by atoms with Gasteiger partial charge < -0.3 is 0 Å². The summed E-state index contributed by atoms with van der Waals surface area (Å²) in [6.45, 7) is 2.04. The molecular weight excluding hydrogens is 284 g/mol. The molecule has 2 rings (SSSR count). The van der Waals surface area contributed by atoms with Crippen LogP contribution < -0.4 is 0 Å². The summed E-state index contributed by atoms with van der Waals surface area (Å²) in [6.07, 6.45) is 0. The first kappa shape index (κ1) is 10.1. The van der Waals surface area contributed by atoms with E-state index in [-0.39, 0.29) is 0 Å². The standard InChI is InChI=1S/C9H6BrClN2S/c1-5-4-6(10)2-3-7(5)8-12-13-9(11)14-8/h2-4H,1H3. The van der Waals surface area contributed by atoms with Gasteiger partial charge in [0.2, 0.25) is 4.47 Å². The Morgan fingerprint density at radius 3 is 2.71 bits per heavy atom. The largest absolute Gasteiger partial charge is 0.207 e. The molecule has 0 aliphatic heterocycles. The molecule has 1 aromatic heterocycles. The molecule has 0 N–H and O–H groups in total. The van der Waals surface area contributed by atoms with E-state index in [2.05, 4.69) is 26.1 Å². The maximum atomic E-state index is 5.73. The highest BCUT2D eigenvalue weighted by atomic mass is 79.9. The predicted molar refractivity (Wildman–Crippen MR) is 62.8 cm³/mol. The molecule has 2 nitrogen and oxygen atoms in total. The van der Waals surface area contributed by atoms with Crippen molar-refractivity contribution in [1.29, 1.82) is 0 Å². The normalized spacial score (nSPS) is 10.5. The van der Waals surface area contributed by atoms with Crippen LogP contribution in [0.2, 0.25) is 4.47 Å². The first-order valence-electron chi connectivity index (χ1n) is 3.92. The van der Waals surface area contributed by atoms with Crippen molar-refractivity contribution < 1.29 is 0 Å². The van der Waals surface area contributed by atoms with Crippen molar-refractivity contribution in [1.82, 2.24) is 10.2 Å². The molecule has 0 unspecified atom stereocenters. The van der Waals surface area contributed by atoms with Gasteiger partial charge >= 0.3 is 0 Å². The Labute approximate surface area is 99.1 Å². The minimum absolute atomic E-state index is 0.474. The van der Waals surface area contributed by atoms with Crippen molar-refractivity contribution >= 4 is 38.9 Å². The molecule has 0 saturated carbocycles. The molecule has 0 aliphatic carbocycles. The maximum absolute atomic E-state index is 5.73. The van der Waals surface area contributed by atoms with E-state index in [1.807, 2.05) is 25.1 Å². The fourth-order valence-electron chi connectivity index (χ4n) is 1.18. The second-order valence-electron chi connectivity index (χ2n) is 2.82. The maximum Gasteiger partial charge on any atom is 0.207 e. The molecule has 0 atom stereocenters. The lowest BCUT2D eigenvalue weighted by molar-refractivity contribution is 1.09. The number of aromatic nitrogens is 2. The highest BCUT2D eigenvalue weighted by Crippen LogP contribution is 2.29. The van der Waals surface area contributed by atoms with Crippen molar-refractivity contribution in [2.75, 3.05) is 0 Å². The molecule has 0 fully saturated rings. The van der Waals surface area contributed by atoms with Gasteiger partial charge in [0, 0.05) is 10.0 Å². The van der Waals surface area contributed by atoms with E-state index in [1.165, 1.54) is 11.3 Å². The van der Waals surface area contributed by atoms with E-state index in [0.29, 0.717) is 4.47 Å². The summed E-state index contributed by atoms with van der Waals surface area (Å²) in [5.41, 5.74) is 2.24. The third kappa shape index (κ3) is 1.97. The lowest BCUT2D eigenvalue weighted by atomic mass is 10.1. The smallest absolute Gasteiger partial charge is 0.137 e. The van der Waals surface area contributed by atoms with Crippen molar-refractivity contribution in [3.05, 3.63) is 32.7 Å². The second-order valence-corrected chi connectivity index (χ2v) is 5.29. The first-order valence-corrected chi connectivity index (χ1v) is 5.91. The highest BCUT2D eigenvalue weighted by Gasteiger charge is 2.07. The van der Waals surface area contributed by atoms with Gasteiger partial charge in [-0.1, -0.05) is 33.3 Å². The van der Waals surface area contributed by atoms with Gasteiger partial charge in [-0.25, -0.2) is 0 Å². The van der Waals surface area contributed by atoms with Crippen molar-refractivity contribution in [3.8, 4) is 10.6 Å². The molecule has 72 valence electrons. The Balaban J connectivity index is 2.52. The molecule has 0 radical (unpaired) electrons. The number of nitrogens with zero attached hydrogens (tertiary/aromatic N) is 2. The number of hydrogen-bond acceptors (Lipinski definition) is 3. The van der Waals surface area contributed by atoms with Crippen LogP contribution in [-0.2, 0) is 0 Å². The summed E-state index contributed by atoms with van der Waals surface area (Å²) in [5, 5.41) is 8.64. The number of rotatable bonds is 1. The van der Waals surface area contributed by atoms with Crippen LogP contribution >= 0.6 is 38.9 Å². The van der Waals surface area contributed by atoms with Crippen LogP contribution in [0.1, 0.15) is 5.56 Å². The van der Waals surface area contributed by atoms with Crippen LogP contribution in [0.4, 0.5) is 0 Å². The van der Waals surface area contributed by atoms with Gasteiger partial charge in [0.15, 0.2) is 0 Å². The molecule has 1 heterocycles. The van der Waals surface area contributed by atoms with E-state index in [0.717, 1.165) is 20.6 Å². The molecule has 5 heteroatoms. The lowest BCUT2D eigenvalue weighted by Gasteiger charge is -2.00. The van der Waals surface area contributed by atoms with Crippen LogP contribution in [0.25, 0.3) is 10.6 Å². The minimum Gasteiger partial charge on any atom is -0.137 e. The van der Waals surface area contributed by atoms with Crippen molar-refractivity contribution in [2.45, 2.75) is 6.92 Å². The van der Waals surface area contributed by atoms with Gasteiger partial charge in [-0.05, 0) is 36.2 Å². The summed E-state index contributed by atoms with van der Waals surface area (Å²) in [7, 11) is 0. The molecule has 14 heavy (non-hydrogen) atoms. The SMILES string of the molecule is Cc1cc(Br)ccc1-c1nnc(Cl)s1. The zero-order valence-corrected chi connectivity index (χ0v) is 10.4. The van der Waals surface area contributed by atoms with Gasteiger partial charge in [0.05, 0.1) is 0 Å². The number of aryl methyl sites for hydroxylation is 1. The summed E-state index contributed by atoms with van der Waals surface area (Å²) >= 11 is 10.5. The molecule has 0 aliphatic rings. The molecule has 0 saturated heterocycles. The summed E-state index contributed by atoms with van der Waals surface area (Å²) in [5.74, 6) is 0. The molecule has 2 aromatic rings. The fourth-order valence-corrected chi connectivity index (χ4v) is 2.58. The van der Waals surface area contributed by atoms with Crippen LogP contribution in [0.3, 0.4) is 0 Å². The van der Waals surface area contributed by atoms with Crippen molar-refractivity contribution in [2.24, 2.45) is 0 Å². The Morgan fingerprint density at radius 1 is 1.36 bits per heavy atom. The monoisotopic (exact) mass is 288 g/mol. The van der Waals surface area contributed by atoms with E-state index < -0.39 is 0 Å². The second kappa shape index (κ2) is 3.96. The molecule has 1 aromatic carbocycles. The van der Waals surface area contributed by atoms with Gasteiger partial charge in [-0.3, -0.25) is 0 Å². The van der Waals surface area contributed by atoms with Gasteiger partial charge in [0.25, 0.3) is 0 Å². The summed E-state index contributed by atoms with van der Waals surface area (Å²) < 4.78 is 1.54. The van der Waals surface area contributed by atoms with Gasteiger partial charge in [0.1, 0.15) is 5.01 Å². The van der Waals surface area contributed by atoms with Crippen LogP contribution in [0.5, 0.6) is 0 Å². The summed E-state index contributed by atoms with van der Waals surface area (Å²) in [6, 6.07) is 6.04. The first-order chi connectivity index (χ1) is 6.66. The Bertz CT molecular complexity index is 470. The minimum atomic E-state index is 0.474. The van der Waals surface area contributed by atoms with E-state index in [9.17, 15) is 0 Å². The third-order valence-electron chi connectivity index (χ3n) is 1.82. The molecular formula is C9H6BrClN2S. The zero-order valence-electron chi connectivity index (χ0n) is 7.29. The highest BCUT2D eigenvalue weighted by molar-refractivity contribution is 9.10. The molecule has 0 spiro atoms. The van der Waals surface area contributed by atoms with Crippen LogP contribution in [0.15, 0.2) is 22.7 Å². The van der Waals surface area contributed by atoms with E-state index in [1.54, 1.807) is 0 Å². The lowest BCUT2D eigenvalue weighted by Crippen LogP contribution is -1.82. The number of halogens is 2. The van der Waals surface area contributed by atoms with Gasteiger partial charge in [-0.15, -0.1) is 10.2 Å². The Hall–Kier alpha value is -0.450. The zero-order chi connectivity index (χ0) is 10.1. The molecule has 0 amide bonds. The van der Waals surface area contributed by atoms with E-state index in [4.69, 9.17) is 11.6 Å². The fraction of sp³-hybridized carbons (Fsp3) is 0.111. The summed E-state index contributed by atoms with van der Waals surface area (Å²) in [4.78, 5) is 0. The van der Waals surface area contributed by atoms with Crippen molar-refractivity contribution in [3.63, 3.8) is 0 Å². The topological polar surface area (TPSA) is 25.8 Å².